The molecule has 0 unspecified atom stereocenters. The van der Waals surface area contributed by atoms with Gasteiger partial charge in [-0.25, -0.2) is 28.1 Å². The molecule has 6 nitrogen and oxygen atoms in total. The van der Waals surface area contributed by atoms with Crippen LogP contribution in [0.2, 0.25) is 0 Å². The molecule has 2 aliphatic heterocycles. The number of rotatable bonds is 4. The third kappa shape index (κ3) is 4.17. The van der Waals surface area contributed by atoms with E-state index in [1.807, 2.05) is 0 Å². The Balaban J connectivity index is 1.41. The van der Waals surface area contributed by atoms with Gasteiger partial charge in [-0.3, -0.25) is 4.79 Å². The largest absolute Gasteiger partial charge is 0.417 e. The first-order valence-corrected chi connectivity index (χ1v) is 10.7. The summed E-state index contributed by atoms with van der Waals surface area (Å²) in [6.45, 7) is 0. The lowest BCUT2D eigenvalue weighted by Gasteiger charge is -2.26. The second kappa shape index (κ2) is 8.51. The number of nitrogens with one attached hydrogen (secondary N) is 1. The molecular weight excluding hydrogens is 476 g/mol. The zero-order valence-electron chi connectivity index (χ0n) is 17.9. The van der Waals surface area contributed by atoms with Gasteiger partial charge in [-0.05, 0) is 37.5 Å². The molecule has 3 aromatic rings. The van der Waals surface area contributed by atoms with Crippen molar-refractivity contribution in [3.8, 4) is 11.4 Å². The maximum atomic E-state index is 14.7. The minimum atomic E-state index is -4.72. The Kier molecular flexibility index (Phi) is 5.60. The van der Waals surface area contributed by atoms with E-state index < -0.39 is 47.2 Å². The van der Waals surface area contributed by atoms with Crippen molar-refractivity contribution in [3.05, 3.63) is 71.4 Å². The molecule has 35 heavy (non-hydrogen) atoms. The molecule has 5 rings (SSSR count). The van der Waals surface area contributed by atoms with Gasteiger partial charge < -0.3 is 10.2 Å². The molecule has 2 saturated heterocycles. The zero-order valence-corrected chi connectivity index (χ0v) is 17.9. The number of benzene rings is 1. The highest BCUT2D eigenvalue weighted by atomic mass is 19.4. The molecule has 0 spiro atoms. The van der Waals surface area contributed by atoms with E-state index in [4.69, 9.17) is 0 Å². The predicted molar refractivity (Wildman–Crippen MR) is 112 cm³/mol. The van der Waals surface area contributed by atoms with Gasteiger partial charge in [0.15, 0.2) is 23.3 Å². The topological polar surface area (TPSA) is 71.0 Å². The first-order chi connectivity index (χ1) is 16.6. The second-order valence-electron chi connectivity index (χ2n) is 8.44. The Morgan fingerprint density at radius 1 is 1.00 bits per heavy atom. The van der Waals surface area contributed by atoms with Crippen LogP contribution in [0.15, 0.2) is 42.9 Å². The summed E-state index contributed by atoms with van der Waals surface area (Å²) >= 11 is 0. The molecule has 0 aliphatic carbocycles. The molecule has 2 fully saturated rings. The van der Waals surface area contributed by atoms with Gasteiger partial charge in [0.05, 0.1) is 41.2 Å². The van der Waals surface area contributed by atoms with Gasteiger partial charge in [0.1, 0.15) is 5.82 Å². The lowest BCUT2D eigenvalue weighted by molar-refractivity contribution is -0.138. The quantitative estimate of drug-likeness (QED) is 0.528. The second-order valence-corrected chi connectivity index (χ2v) is 8.44. The van der Waals surface area contributed by atoms with Crippen LogP contribution in [0.3, 0.4) is 0 Å². The van der Waals surface area contributed by atoms with Gasteiger partial charge in [-0.2, -0.15) is 13.2 Å². The number of amides is 1. The Hall–Kier alpha value is -3.70. The van der Waals surface area contributed by atoms with Crippen LogP contribution in [0.1, 0.15) is 35.2 Å². The third-order valence-corrected chi connectivity index (χ3v) is 6.35. The fourth-order valence-electron chi connectivity index (χ4n) is 4.85. The molecular formula is C23H17F6N5O. The number of fused-ring (bicyclic) bond motifs is 2. The number of carbonyl (C=O) groups excluding carboxylic acids is 1. The number of pyridine rings is 1. The van der Waals surface area contributed by atoms with Gasteiger partial charge in [0.25, 0.3) is 5.91 Å². The lowest BCUT2D eigenvalue weighted by atomic mass is 9.95. The summed E-state index contributed by atoms with van der Waals surface area (Å²) < 4.78 is 80.7. The number of hydrogen-bond donors (Lipinski definition) is 1. The van der Waals surface area contributed by atoms with Crippen molar-refractivity contribution in [2.45, 2.75) is 43.6 Å². The SMILES string of the molecule is O=C(c1cccc(F)c1-c1ncc(F)cn1)N1[C@@H]2CC[C@H]1[C@H](Nc1ncc(C(F)(F)F)cc1F)C2. The summed E-state index contributed by atoms with van der Waals surface area (Å²) in [7, 11) is 0. The molecule has 1 N–H and O–H groups in total. The fraction of sp³-hybridized carbons (Fsp3) is 0.304. The van der Waals surface area contributed by atoms with Crippen molar-refractivity contribution in [1.29, 1.82) is 0 Å². The van der Waals surface area contributed by atoms with Crippen LogP contribution in [-0.4, -0.2) is 43.9 Å². The van der Waals surface area contributed by atoms with E-state index in [0.717, 1.165) is 18.5 Å². The molecule has 0 radical (unpaired) electrons. The molecule has 1 amide bonds. The van der Waals surface area contributed by atoms with Gasteiger partial charge in [0, 0.05) is 12.2 Å². The molecule has 2 bridgehead atoms. The summed E-state index contributed by atoms with van der Waals surface area (Å²) in [5.74, 6) is -3.60. The number of anilines is 1. The van der Waals surface area contributed by atoms with Gasteiger partial charge in [-0.1, -0.05) is 6.07 Å². The minimum Gasteiger partial charge on any atom is -0.363 e. The third-order valence-electron chi connectivity index (χ3n) is 6.35. The zero-order chi connectivity index (χ0) is 24.9. The van der Waals surface area contributed by atoms with Gasteiger partial charge in [-0.15, -0.1) is 0 Å². The summed E-state index contributed by atoms with van der Waals surface area (Å²) in [5, 5.41) is 2.83. The Morgan fingerprint density at radius 2 is 1.74 bits per heavy atom. The molecule has 12 heteroatoms. The highest BCUT2D eigenvalue weighted by molar-refractivity contribution is 6.01. The highest BCUT2D eigenvalue weighted by Crippen LogP contribution is 2.41. The molecule has 4 heterocycles. The van der Waals surface area contributed by atoms with E-state index in [9.17, 15) is 31.1 Å². The molecule has 2 aromatic heterocycles. The minimum absolute atomic E-state index is 0.00649. The number of halogens is 6. The van der Waals surface area contributed by atoms with Crippen molar-refractivity contribution in [2.24, 2.45) is 0 Å². The molecule has 0 saturated carbocycles. The average molecular weight is 493 g/mol. The summed E-state index contributed by atoms with van der Waals surface area (Å²) in [6.07, 6.45) is -0.802. The van der Waals surface area contributed by atoms with Crippen molar-refractivity contribution in [2.75, 3.05) is 5.32 Å². The van der Waals surface area contributed by atoms with E-state index >= 15 is 0 Å². The number of hydrogen-bond acceptors (Lipinski definition) is 5. The molecule has 2 aliphatic rings. The number of nitrogens with zero attached hydrogens (tertiary/aromatic N) is 4. The number of aromatic nitrogens is 3. The smallest absolute Gasteiger partial charge is 0.363 e. The first-order valence-electron chi connectivity index (χ1n) is 10.7. The average Bonchev–Trinajstić information content (AvgIpc) is 3.37. The normalized spacial score (nSPS) is 21.4. The molecule has 3 atom stereocenters. The van der Waals surface area contributed by atoms with Crippen LogP contribution in [0.5, 0.6) is 0 Å². The van der Waals surface area contributed by atoms with E-state index in [2.05, 4.69) is 20.3 Å². The Labute approximate surface area is 195 Å². The first kappa shape index (κ1) is 23.1. The van der Waals surface area contributed by atoms with Crippen LogP contribution < -0.4 is 5.32 Å². The van der Waals surface area contributed by atoms with E-state index in [-0.39, 0.29) is 28.8 Å². The van der Waals surface area contributed by atoms with Crippen molar-refractivity contribution >= 4 is 11.7 Å². The van der Waals surface area contributed by atoms with Crippen molar-refractivity contribution in [1.82, 2.24) is 19.9 Å². The number of alkyl halides is 3. The van der Waals surface area contributed by atoms with Gasteiger partial charge >= 0.3 is 6.18 Å². The van der Waals surface area contributed by atoms with Crippen LogP contribution in [-0.2, 0) is 6.18 Å². The standard InChI is InChI=1S/C23H17F6N5O/c24-12-9-31-21(32-10-12)19-14(2-1-3-15(19)25)22(35)34-13-4-5-18(34)17(7-13)33-20-16(26)6-11(8-30-20)23(27,28)29/h1-3,6,8-10,13,17-18H,4-5,7H2,(H,30,33)/t13-,17-,18+/m1/s1. The van der Waals surface area contributed by atoms with Crippen LogP contribution in [0, 0.1) is 17.5 Å². The monoisotopic (exact) mass is 493 g/mol. The summed E-state index contributed by atoms with van der Waals surface area (Å²) in [4.78, 5) is 26.3. The molecule has 182 valence electrons. The fourth-order valence-corrected chi connectivity index (χ4v) is 4.85. The van der Waals surface area contributed by atoms with Crippen LogP contribution in [0.4, 0.5) is 32.2 Å². The maximum absolute atomic E-state index is 14.7. The van der Waals surface area contributed by atoms with Crippen LogP contribution >= 0.6 is 0 Å². The summed E-state index contributed by atoms with van der Waals surface area (Å²) in [5.41, 5.74) is -1.37. The predicted octanol–water partition coefficient (Wildman–Crippen LogP) is 4.83. The highest BCUT2D eigenvalue weighted by Gasteiger charge is 2.49. The van der Waals surface area contributed by atoms with E-state index in [1.54, 1.807) is 4.90 Å². The number of carbonyl (C=O) groups is 1. The maximum Gasteiger partial charge on any atom is 0.417 e. The van der Waals surface area contributed by atoms with E-state index in [1.165, 1.54) is 12.1 Å². The van der Waals surface area contributed by atoms with Crippen molar-refractivity contribution < 1.29 is 31.1 Å². The van der Waals surface area contributed by atoms with E-state index in [0.29, 0.717) is 31.5 Å². The Bertz CT molecular complexity index is 1280. The van der Waals surface area contributed by atoms with Gasteiger partial charge in [0.2, 0.25) is 0 Å². The van der Waals surface area contributed by atoms with Crippen molar-refractivity contribution in [3.63, 3.8) is 0 Å². The van der Waals surface area contributed by atoms with Crippen LogP contribution in [0.25, 0.3) is 11.4 Å². The Morgan fingerprint density at radius 3 is 2.43 bits per heavy atom. The summed E-state index contributed by atoms with van der Waals surface area (Å²) in [6, 6.07) is 3.17. The molecule has 1 aromatic carbocycles. The lowest BCUT2D eigenvalue weighted by Crippen LogP contribution is -2.40.